The molecule has 0 radical (unpaired) electrons. The van der Waals surface area contributed by atoms with Crippen LogP contribution in [0.3, 0.4) is 0 Å². The number of halogens is 1. The topological polar surface area (TPSA) is 49.4 Å². The van der Waals surface area contributed by atoms with Gasteiger partial charge in [0.1, 0.15) is 0 Å². The maximum absolute atomic E-state index is 12.0. The van der Waals surface area contributed by atoms with Gasteiger partial charge in [0.2, 0.25) is 11.8 Å². The number of carbonyl (C=O) groups excluding carboxylic acids is 2. The highest BCUT2D eigenvalue weighted by Crippen LogP contribution is 2.10. The second-order valence-corrected chi connectivity index (χ2v) is 7.01. The molecule has 144 valence electrons. The third-order valence-corrected chi connectivity index (χ3v) is 4.65. The summed E-state index contributed by atoms with van der Waals surface area (Å²) < 4.78 is 0. The third-order valence-electron chi connectivity index (χ3n) is 4.42. The van der Waals surface area contributed by atoms with E-state index in [0.29, 0.717) is 31.1 Å². The number of nitrogens with one attached hydrogen (secondary N) is 1. The van der Waals surface area contributed by atoms with Crippen LogP contribution in [0.15, 0.2) is 54.6 Å². The molecule has 2 aromatic rings. The highest BCUT2D eigenvalue weighted by molar-refractivity contribution is 6.30. The van der Waals surface area contributed by atoms with Crippen molar-refractivity contribution in [3.05, 3.63) is 70.7 Å². The van der Waals surface area contributed by atoms with Crippen molar-refractivity contribution < 1.29 is 9.59 Å². The minimum Gasteiger partial charge on any atom is -0.356 e. The Morgan fingerprint density at radius 1 is 0.963 bits per heavy atom. The van der Waals surface area contributed by atoms with E-state index in [9.17, 15) is 9.59 Å². The van der Waals surface area contributed by atoms with E-state index < -0.39 is 0 Å². The fraction of sp³-hybridized carbons (Fsp3) is 0.364. The lowest BCUT2D eigenvalue weighted by molar-refractivity contribution is -0.129. The molecular formula is C22H27ClN2O2. The van der Waals surface area contributed by atoms with Gasteiger partial charge in [-0.05, 0) is 42.5 Å². The van der Waals surface area contributed by atoms with E-state index in [-0.39, 0.29) is 11.8 Å². The molecule has 0 saturated carbocycles. The molecule has 0 aliphatic carbocycles. The first-order valence-electron chi connectivity index (χ1n) is 9.35. The molecule has 0 aliphatic heterocycles. The lowest BCUT2D eigenvalue weighted by atomic mass is 10.1. The molecule has 0 aromatic heterocycles. The predicted molar refractivity (Wildman–Crippen MR) is 110 cm³/mol. The quantitative estimate of drug-likeness (QED) is 0.673. The van der Waals surface area contributed by atoms with Crippen LogP contribution in [0.2, 0.25) is 5.02 Å². The van der Waals surface area contributed by atoms with Crippen molar-refractivity contribution in [2.24, 2.45) is 0 Å². The number of carbonyl (C=O) groups is 2. The van der Waals surface area contributed by atoms with Crippen LogP contribution in [0.1, 0.15) is 30.9 Å². The van der Waals surface area contributed by atoms with Crippen molar-refractivity contribution in [1.29, 1.82) is 0 Å². The summed E-state index contributed by atoms with van der Waals surface area (Å²) in [6.07, 6.45) is 2.87. The zero-order valence-corrected chi connectivity index (χ0v) is 16.5. The largest absolute Gasteiger partial charge is 0.356 e. The lowest BCUT2D eigenvalue weighted by Crippen LogP contribution is -2.35. The number of rotatable bonds is 10. The molecule has 0 heterocycles. The highest BCUT2D eigenvalue weighted by atomic mass is 35.5. The molecule has 5 heteroatoms. The van der Waals surface area contributed by atoms with Crippen LogP contribution in [0, 0.1) is 0 Å². The molecule has 0 atom stereocenters. The zero-order chi connectivity index (χ0) is 19.5. The van der Waals surface area contributed by atoms with E-state index in [2.05, 4.69) is 17.4 Å². The predicted octanol–water partition coefficient (Wildman–Crippen LogP) is 3.87. The van der Waals surface area contributed by atoms with Gasteiger partial charge in [-0.1, -0.05) is 54.1 Å². The van der Waals surface area contributed by atoms with Crippen molar-refractivity contribution >= 4 is 23.4 Å². The molecule has 0 spiro atoms. The molecule has 0 aliphatic rings. The Hall–Kier alpha value is -2.33. The van der Waals surface area contributed by atoms with Gasteiger partial charge in [-0.25, -0.2) is 0 Å². The van der Waals surface area contributed by atoms with E-state index in [0.717, 1.165) is 24.8 Å². The van der Waals surface area contributed by atoms with E-state index in [1.807, 2.05) is 42.5 Å². The van der Waals surface area contributed by atoms with Gasteiger partial charge in [-0.3, -0.25) is 9.59 Å². The Labute approximate surface area is 166 Å². The summed E-state index contributed by atoms with van der Waals surface area (Å²) in [4.78, 5) is 25.6. The van der Waals surface area contributed by atoms with E-state index >= 15 is 0 Å². The number of amides is 2. The molecule has 0 saturated heterocycles. The number of aryl methyl sites for hydroxylation is 1. The summed E-state index contributed by atoms with van der Waals surface area (Å²) >= 11 is 5.96. The molecule has 2 aromatic carbocycles. The summed E-state index contributed by atoms with van der Waals surface area (Å²) in [7, 11) is 0. The smallest absolute Gasteiger partial charge is 0.221 e. The van der Waals surface area contributed by atoms with Gasteiger partial charge in [-0.15, -0.1) is 0 Å². The summed E-state index contributed by atoms with van der Waals surface area (Å²) in [6.45, 7) is 3.24. The van der Waals surface area contributed by atoms with E-state index in [1.54, 1.807) is 11.8 Å². The van der Waals surface area contributed by atoms with Crippen LogP contribution in [0.4, 0.5) is 0 Å². The standard InChI is InChI=1S/C22H27ClN2O2/c1-18(26)25(15-6-10-19-7-3-2-4-8-19)16-13-22(27)24-14-12-20-9-5-11-21(23)17-20/h2-5,7-9,11,17H,6,10,12-16H2,1H3,(H,24,27). The second-order valence-electron chi connectivity index (χ2n) is 6.58. The molecule has 4 nitrogen and oxygen atoms in total. The van der Waals surface area contributed by atoms with Crippen LogP contribution in [0.25, 0.3) is 0 Å². The van der Waals surface area contributed by atoms with Crippen LogP contribution >= 0.6 is 11.6 Å². The molecule has 0 bridgehead atoms. The number of hydrogen-bond acceptors (Lipinski definition) is 2. The molecular weight excluding hydrogens is 360 g/mol. The van der Waals surface area contributed by atoms with Gasteiger partial charge in [-0.2, -0.15) is 0 Å². The van der Waals surface area contributed by atoms with Crippen LogP contribution in [-0.4, -0.2) is 36.3 Å². The van der Waals surface area contributed by atoms with Crippen molar-refractivity contribution in [2.75, 3.05) is 19.6 Å². The molecule has 2 rings (SSSR count). The van der Waals surface area contributed by atoms with Crippen molar-refractivity contribution in [1.82, 2.24) is 10.2 Å². The lowest BCUT2D eigenvalue weighted by Gasteiger charge is -2.20. The monoisotopic (exact) mass is 386 g/mol. The minimum absolute atomic E-state index is 0.00906. The van der Waals surface area contributed by atoms with Crippen molar-refractivity contribution in [2.45, 2.75) is 32.6 Å². The summed E-state index contributed by atoms with van der Waals surface area (Å²) in [5, 5.41) is 3.61. The van der Waals surface area contributed by atoms with Crippen LogP contribution in [0.5, 0.6) is 0 Å². The zero-order valence-electron chi connectivity index (χ0n) is 15.8. The van der Waals surface area contributed by atoms with Crippen LogP contribution < -0.4 is 5.32 Å². The molecule has 27 heavy (non-hydrogen) atoms. The first-order valence-corrected chi connectivity index (χ1v) is 9.73. The van der Waals surface area contributed by atoms with Gasteiger partial charge in [0, 0.05) is 38.0 Å². The first-order chi connectivity index (χ1) is 13.0. The maximum atomic E-state index is 12.0. The fourth-order valence-electron chi connectivity index (χ4n) is 2.91. The normalized spacial score (nSPS) is 10.4. The average Bonchev–Trinajstić information content (AvgIpc) is 2.65. The summed E-state index contributed by atoms with van der Waals surface area (Å²) in [5.41, 5.74) is 2.36. The van der Waals surface area contributed by atoms with E-state index in [1.165, 1.54) is 5.56 Å². The number of nitrogens with zero attached hydrogens (tertiary/aromatic N) is 1. The SMILES string of the molecule is CC(=O)N(CCCc1ccccc1)CCC(=O)NCCc1cccc(Cl)c1. The molecule has 0 unspecified atom stereocenters. The Morgan fingerprint density at radius 3 is 2.41 bits per heavy atom. The first kappa shape index (κ1) is 21.0. The van der Waals surface area contributed by atoms with Crippen molar-refractivity contribution in [3.8, 4) is 0 Å². The van der Waals surface area contributed by atoms with Gasteiger partial charge < -0.3 is 10.2 Å². The van der Waals surface area contributed by atoms with Crippen molar-refractivity contribution in [3.63, 3.8) is 0 Å². The van der Waals surface area contributed by atoms with Gasteiger partial charge >= 0.3 is 0 Å². The number of benzene rings is 2. The highest BCUT2D eigenvalue weighted by Gasteiger charge is 2.11. The fourth-order valence-corrected chi connectivity index (χ4v) is 3.12. The molecule has 0 fully saturated rings. The van der Waals surface area contributed by atoms with Gasteiger partial charge in [0.05, 0.1) is 0 Å². The molecule has 1 N–H and O–H groups in total. The van der Waals surface area contributed by atoms with Gasteiger partial charge in [0.25, 0.3) is 0 Å². The summed E-state index contributed by atoms with van der Waals surface area (Å²) in [6, 6.07) is 17.8. The maximum Gasteiger partial charge on any atom is 0.221 e. The van der Waals surface area contributed by atoms with Crippen LogP contribution in [-0.2, 0) is 22.4 Å². The average molecular weight is 387 g/mol. The number of hydrogen-bond donors (Lipinski definition) is 1. The minimum atomic E-state index is -0.0358. The van der Waals surface area contributed by atoms with E-state index in [4.69, 9.17) is 11.6 Å². The Kier molecular flexibility index (Phi) is 8.85. The van der Waals surface area contributed by atoms with Gasteiger partial charge in [0.15, 0.2) is 0 Å². The third kappa shape index (κ3) is 8.27. The Balaban J connectivity index is 1.66. The Morgan fingerprint density at radius 2 is 1.70 bits per heavy atom. The Bertz CT molecular complexity index is 734. The summed E-state index contributed by atoms with van der Waals surface area (Å²) in [5.74, 6) is -0.0267. The molecule has 2 amide bonds. The second kappa shape index (κ2) is 11.4.